The largest absolute Gasteiger partial charge is 0.259 e. The van der Waals surface area contributed by atoms with Gasteiger partial charge < -0.3 is 0 Å². The zero-order valence-electron chi connectivity index (χ0n) is 8.86. The molecule has 1 aromatic heterocycles. The summed E-state index contributed by atoms with van der Waals surface area (Å²) in [5.74, 6) is 0.242. The predicted octanol–water partition coefficient (Wildman–Crippen LogP) is 1.01. The van der Waals surface area contributed by atoms with Crippen molar-refractivity contribution in [3.63, 3.8) is 0 Å². The Morgan fingerprint density at radius 2 is 2.20 bits per heavy atom. The zero-order chi connectivity index (χ0) is 11.6. The molecule has 5 nitrogen and oxygen atoms in total. The summed E-state index contributed by atoms with van der Waals surface area (Å²) in [7, 11) is -2.02. The number of halogens is 1. The van der Waals surface area contributed by atoms with Gasteiger partial charge in [0.15, 0.2) is 5.03 Å². The van der Waals surface area contributed by atoms with Crippen molar-refractivity contribution >= 4 is 21.6 Å². The highest BCUT2D eigenvalue weighted by molar-refractivity contribution is 7.89. The summed E-state index contributed by atoms with van der Waals surface area (Å²) in [6.45, 7) is 4.23. The average molecular weight is 252 g/mol. The van der Waals surface area contributed by atoms with Crippen LogP contribution >= 0.6 is 11.6 Å². The molecule has 0 atom stereocenters. The van der Waals surface area contributed by atoms with Crippen LogP contribution in [-0.2, 0) is 17.1 Å². The second-order valence-electron chi connectivity index (χ2n) is 3.67. The molecule has 0 aliphatic rings. The molecule has 0 spiro atoms. The summed E-state index contributed by atoms with van der Waals surface area (Å²) < 4.78 is 27.3. The SMILES string of the molecule is CC(C)CNS(=O)(=O)c1c(Cl)cnn1C. The van der Waals surface area contributed by atoms with Gasteiger partial charge in [-0.1, -0.05) is 25.4 Å². The molecule has 1 rings (SSSR count). The minimum atomic E-state index is -3.55. The number of rotatable bonds is 4. The summed E-state index contributed by atoms with van der Waals surface area (Å²) in [6, 6.07) is 0. The number of aromatic nitrogens is 2. The lowest BCUT2D eigenvalue weighted by Gasteiger charge is -2.08. The van der Waals surface area contributed by atoms with Crippen LogP contribution in [0.5, 0.6) is 0 Å². The summed E-state index contributed by atoms with van der Waals surface area (Å²) in [5.41, 5.74) is 0. The fraction of sp³-hybridized carbons (Fsp3) is 0.625. The van der Waals surface area contributed by atoms with Crippen molar-refractivity contribution in [3.05, 3.63) is 11.2 Å². The van der Waals surface area contributed by atoms with Crippen molar-refractivity contribution in [2.24, 2.45) is 13.0 Å². The Morgan fingerprint density at radius 1 is 1.60 bits per heavy atom. The fourth-order valence-electron chi connectivity index (χ4n) is 1.05. The van der Waals surface area contributed by atoms with E-state index in [1.807, 2.05) is 13.8 Å². The maximum atomic E-state index is 11.8. The zero-order valence-corrected chi connectivity index (χ0v) is 10.4. The van der Waals surface area contributed by atoms with Crippen molar-refractivity contribution in [1.29, 1.82) is 0 Å². The van der Waals surface area contributed by atoms with Gasteiger partial charge in [-0.05, 0) is 5.92 Å². The van der Waals surface area contributed by atoms with Crippen LogP contribution in [0.25, 0.3) is 0 Å². The number of nitrogens with zero attached hydrogens (tertiary/aromatic N) is 2. The number of aryl methyl sites for hydroxylation is 1. The second kappa shape index (κ2) is 4.51. The molecule has 7 heteroatoms. The Morgan fingerprint density at radius 3 is 2.60 bits per heavy atom. The first-order chi connectivity index (χ1) is 6.84. The second-order valence-corrected chi connectivity index (χ2v) is 5.76. The molecule has 0 aliphatic carbocycles. The van der Waals surface area contributed by atoms with Crippen LogP contribution in [0.3, 0.4) is 0 Å². The van der Waals surface area contributed by atoms with Gasteiger partial charge in [-0.15, -0.1) is 0 Å². The third-order valence-electron chi connectivity index (χ3n) is 1.78. The van der Waals surface area contributed by atoms with E-state index in [-0.39, 0.29) is 16.0 Å². The van der Waals surface area contributed by atoms with Crippen molar-refractivity contribution in [1.82, 2.24) is 14.5 Å². The van der Waals surface area contributed by atoms with Gasteiger partial charge in [0.25, 0.3) is 10.0 Å². The van der Waals surface area contributed by atoms with E-state index in [2.05, 4.69) is 9.82 Å². The van der Waals surface area contributed by atoms with Crippen LogP contribution in [-0.4, -0.2) is 24.7 Å². The van der Waals surface area contributed by atoms with Crippen LogP contribution in [0.4, 0.5) is 0 Å². The number of sulfonamides is 1. The first-order valence-corrected chi connectivity index (χ1v) is 6.38. The monoisotopic (exact) mass is 251 g/mol. The molecule has 0 radical (unpaired) electrons. The van der Waals surface area contributed by atoms with E-state index in [9.17, 15) is 8.42 Å². The third kappa shape index (κ3) is 2.93. The van der Waals surface area contributed by atoms with Gasteiger partial charge in [-0.2, -0.15) is 5.10 Å². The lowest BCUT2D eigenvalue weighted by atomic mass is 10.2. The number of hydrogen-bond acceptors (Lipinski definition) is 3. The van der Waals surface area contributed by atoms with E-state index >= 15 is 0 Å². The fourth-order valence-corrected chi connectivity index (χ4v) is 2.91. The van der Waals surface area contributed by atoms with Crippen LogP contribution < -0.4 is 4.72 Å². The third-order valence-corrected chi connectivity index (χ3v) is 3.71. The summed E-state index contributed by atoms with van der Waals surface area (Å²) >= 11 is 5.74. The van der Waals surface area contributed by atoms with Gasteiger partial charge in [0.1, 0.15) is 0 Å². The van der Waals surface area contributed by atoms with Crippen molar-refractivity contribution < 1.29 is 8.42 Å². The number of hydrogen-bond donors (Lipinski definition) is 1. The van der Waals surface area contributed by atoms with Gasteiger partial charge in [-0.3, -0.25) is 4.68 Å². The Kier molecular flexibility index (Phi) is 3.75. The van der Waals surface area contributed by atoms with Crippen molar-refractivity contribution in [2.45, 2.75) is 18.9 Å². The number of nitrogens with one attached hydrogen (secondary N) is 1. The Labute approximate surface area is 94.5 Å². The van der Waals surface area contributed by atoms with E-state index in [1.54, 1.807) is 0 Å². The molecule has 15 heavy (non-hydrogen) atoms. The van der Waals surface area contributed by atoms with Crippen LogP contribution in [0.15, 0.2) is 11.2 Å². The lowest BCUT2D eigenvalue weighted by molar-refractivity contribution is 0.546. The van der Waals surface area contributed by atoms with E-state index in [4.69, 9.17) is 11.6 Å². The quantitative estimate of drug-likeness (QED) is 0.869. The molecule has 0 fully saturated rings. The van der Waals surface area contributed by atoms with Crippen LogP contribution in [0.2, 0.25) is 5.02 Å². The summed E-state index contributed by atoms with van der Waals surface area (Å²) in [4.78, 5) is 0. The van der Waals surface area contributed by atoms with Crippen molar-refractivity contribution in [2.75, 3.05) is 6.54 Å². The van der Waals surface area contributed by atoms with Crippen LogP contribution in [0.1, 0.15) is 13.8 Å². The molecule has 0 aliphatic heterocycles. The molecular weight excluding hydrogens is 238 g/mol. The molecular formula is C8H14ClN3O2S. The molecule has 0 saturated carbocycles. The van der Waals surface area contributed by atoms with E-state index < -0.39 is 10.0 Å². The Hall–Kier alpha value is -0.590. The Balaban J connectivity index is 2.96. The molecule has 0 bridgehead atoms. The molecule has 1 heterocycles. The summed E-state index contributed by atoms with van der Waals surface area (Å²) in [5, 5.41) is 3.91. The highest BCUT2D eigenvalue weighted by atomic mass is 35.5. The lowest BCUT2D eigenvalue weighted by Crippen LogP contribution is -2.29. The minimum absolute atomic E-state index is 0.00446. The first-order valence-electron chi connectivity index (χ1n) is 4.51. The molecule has 0 aromatic carbocycles. The molecule has 86 valence electrons. The van der Waals surface area contributed by atoms with E-state index in [0.717, 1.165) is 0 Å². The molecule has 0 unspecified atom stereocenters. The van der Waals surface area contributed by atoms with E-state index in [0.29, 0.717) is 6.54 Å². The average Bonchev–Trinajstić information content (AvgIpc) is 2.43. The molecule has 1 aromatic rings. The Bertz CT molecular complexity index is 419. The predicted molar refractivity (Wildman–Crippen MR) is 58.2 cm³/mol. The smallest absolute Gasteiger partial charge is 0.255 e. The molecule has 0 saturated heterocycles. The highest BCUT2D eigenvalue weighted by Gasteiger charge is 2.22. The molecule has 1 N–H and O–H groups in total. The van der Waals surface area contributed by atoms with Gasteiger partial charge in [-0.25, -0.2) is 13.1 Å². The van der Waals surface area contributed by atoms with Gasteiger partial charge in [0.05, 0.1) is 11.2 Å². The maximum Gasteiger partial charge on any atom is 0.259 e. The van der Waals surface area contributed by atoms with Gasteiger partial charge in [0, 0.05) is 13.6 Å². The summed E-state index contributed by atoms with van der Waals surface area (Å²) in [6.07, 6.45) is 1.31. The maximum absolute atomic E-state index is 11.8. The molecule has 0 amide bonds. The first kappa shape index (κ1) is 12.5. The van der Waals surface area contributed by atoms with E-state index in [1.165, 1.54) is 17.9 Å². The highest BCUT2D eigenvalue weighted by Crippen LogP contribution is 2.19. The van der Waals surface area contributed by atoms with Crippen LogP contribution in [0, 0.1) is 5.92 Å². The topological polar surface area (TPSA) is 64.0 Å². The minimum Gasteiger partial charge on any atom is -0.255 e. The standard InChI is InChI=1S/C8H14ClN3O2S/c1-6(2)4-11-15(13,14)8-7(9)5-10-12(8)3/h5-6,11H,4H2,1-3H3. The van der Waals surface area contributed by atoms with Crippen molar-refractivity contribution in [3.8, 4) is 0 Å². The van der Waals surface area contributed by atoms with Gasteiger partial charge >= 0.3 is 0 Å². The normalized spacial score (nSPS) is 12.3. The van der Waals surface area contributed by atoms with Gasteiger partial charge in [0.2, 0.25) is 0 Å².